The minimum absolute atomic E-state index is 0.628. The number of rotatable bonds is 6. The lowest BCUT2D eigenvalue weighted by Gasteiger charge is -2.22. The molecule has 0 aliphatic rings. The molecule has 0 saturated carbocycles. The summed E-state index contributed by atoms with van der Waals surface area (Å²) in [6.07, 6.45) is 0.989. The van der Waals surface area contributed by atoms with Gasteiger partial charge in [-0.05, 0) is 11.5 Å². The number of carbonyl (C=O) groups is 2. The second-order valence-electron chi connectivity index (χ2n) is 5.52. The summed E-state index contributed by atoms with van der Waals surface area (Å²) in [5, 5.41) is 0. The Hall–Kier alpha value is -3.14. The summed E-state index contributed by atoms with van der Waals surface area (Å²) in [7, 11) is 0. The van der Waals surface area contributed by atoms with E-state index in [0.717, 1.165) is 0 Å². The van der Waals surface area contributed by atoms with E-state index in [1.807, 2.05) is 11.8 Å². The van der Waals surface area contributed by atoms with Crippen LogP contribution in [0, 0.1) is 24.7 Å². The number of aromatic nitrogens is 1. The van der Waals surface area contributed by atoms with Crippen LogP contribution in [0.4, 0.5) is 22.0 Å². The van der Waals surface area contributed by atoms with Gasteiger partial charge in [-0.15, -0.1) is 12.8 Å². The minimum Gasteiger partial charge on any atom is -0.449 e. The third kappa shape index (κ3) is 4.97. The number of ether oxygens (including phenoxy) is 2. The fourth-order valence-electron chi connectivity index (χ4n) is 2.34. The fourth-order valence-corrected chi connectivity index (χ4v) is 2.34. The van der Waals surface area contributed by atoms with Crippen molar-refractivity contribution in [3.8, 4) is 24.7 Å². The lowest BCUT2D eigenvalue weighted by Crippen LogP contribution is -2.26. The Bertz CT molecular complexity index is 847. The van der Waals surface area contributed by atoms with Crippen LogP contribution in [0.3, 0.4) is 0 Å². The quantitative estimate of drug-likeness (QED) is 0.411. The van der Waals surface area contributed by atoms with Crippen molar-refractivity contribution in [2.24, 2.45) is 0 Å². The molecule has 0 spiro atoms. The van der Waals surface area contributed by atoms with Crippen molar-refractivity contribution in [2.45, 2.75) is 32.4 Å². The van der Waals surface area contributed by atoms with E-state index in [-0.39, 0.29) is 0 Å². The molecule has 1 aromatic rings. The van der Waals surface area contributed by atoms with Crippen LogP contribution in [-0.4, -0.2) is 30.1 Å². The monoisotopic (exact) mass is 403 g/mol. The lowest BCUT2D eigenvalue weighted by molar-refractivity contribution is -0.142. The smallest absolute Gasteiger partial charge is 0.434 e. The molecule has 5 nitrogen and oxygen atoms in total. The SMILES string of the molecule is C#CCOC(=O)c1c(C(F)F)nc(C(F)(F)F)c(C(=O)OCC#C)c1C(C)C. The first kappa shape index (κ1) is 22.9. The van der Waals surface area contributed by atoms with E-state index in [2.05, 4.69) is 14.5 Å². The average molecular weight is 403 g/mol. The number of esters is 2. The highest BCUT2D eigenvalue weighted by molar-refractivity contribution is 6.00. The second-order valence-corrected chi connectivity index (χ2v) is 5.52. The molecular formula is C18H14F5NO4. The summed E-state index contributed by atoms with van der Waals surface area (Å²) in [5.41, 5.74) is -6.20. The Morgan fingerprint density at radius 2 is 1.50 bits per heavy atom. The Labute approximate surface area is 157 Å². The molecule has 150 valence electrons. The summed E-state index contributed by atoms with van der Waals surface area (Å²) in [4.78, 5) is 27.3. The van der Waals surface area contributed by atoms with E-state index in [4.69, 9.17) is 12.8 Å². The molecule has 28 heavy (non-hydrogen) atoms. The molecule has 0 saturated heterocycles. The van der Waals surface area contributed by atoms with Crippen LogP contribution in [0.15, 0.2) is 0 Å². The third-order valence-electron chi connectivity index (χ3n) is 3.30. The van der Waals surface area contributed by atoms with Crippen LogP contribution in [0.2, 0.25) is 0 Å². The van der Waals surface area contributed by atoms with Gasteiger partial charge >= 0.3 is 18.1 Å². The summed E-state index contributed by atoms with van der Waals surface area (Å²) in [6.45, 7) is 1.28. The van der Waals surface area contributed by atoms with E-state index in [0.29, 0.717) is 0 Å². The number of hydrogen-bond acceptors (Lipinski definition) is 5. The molecule has 0 aromatic carbocycles. The van der Waals surface area contributed by atoms with E-state index in [1.165, 1.54) is 13.8 Å². The van der Waals surface area contributed by atoms with Crippen LogP contribution in [-0.2, 0) is 15.7 Å². The molecule has 0 atom stereocenters. The van der Waals surface area contributed by atoms with E-state index >= 15 is 0 Å². The van der Waals surface area contributed by atoms with Gasteiger partial charge in [0.15, 0.2) is 18.9 Å². The fraction of sp³-hybridized carbons (Fsp3) is 0.389. The highest BCUT2D eigenvalue weighted by atomic mass is 19.4. The zero-order valence-corrected chi connectivity index (χ0v) is 14.7. The maximum absolute atomic E-state index is 13.5. The molecule has 0 bridgehead atoms. The van der Waals surface area contributed by atoms with Crippen molar-refractivity contribution < 1.29 is 41.0 Å². The van der Waals surface area contributed by atoms with E-state index in [9.17, 15) is 31.5 Å². The normalized spacial score (nSPS) is 11.1. The molecule has 10 heteroatoms. The van der Waals surface area contributed by atoms with E-state index < -0.39 is 71.8 Å². The van der Waals surface area contributed by atoms with Gasteiger partial charge in [-0.25, -0.2) is 23.4 Å². The standard InChI is InChI=1S/C18H14F5NO4/c1-5-7-27-16(25)11-10(9(3)4)12(17(26)28-8-6-2)14(18(21,22)23)24-13(11)15(19)20/h1-2,9,15H,7-8H2,3-4H3. The van der Waals surface area contributed by atoms with Crippen molar-refractivity contribution in [2.75, 3.05) is 13.2 Å². The largest absolute Gasteiger partial charge is 0.449 e. The number of alkyl halides is 5. The number of nitrogens with zero attached hydrogens (tertiary/aromatic N) is 1. The van der Waals surface area contributed by atoms with Crippen LogP contribution in [0.25, 0.3) is 0 Å². The Balaban J connectivity index is 3.99. The van der Waals surface area contributed by atoms with Gasteiger partial charge in [-0.2, -0.15) is 13.2 Å². The number of pyridine rings is 1. The number of carbonyl (C=O) groups excluding carboxylic acids is 2. The molecule has 1 aromatic heterocycles. The predicted molar refractivity (Wildman–Crippen MR) is 86.5 cm³/mol. The zero-order chi connectivity index (χ0) is 21.6. The summed E-state index contributed by atoms with van der Waals surface area (Å²) >= 11 is 0. The second kappa shape index (κ2) is 9.18. The van der Waals surface area contributed by atoms with Gasteiger partial charge in [0.25, 0.3) is 6.43 Å². The van der Waals surface area contributed by atoms with Gasteiger partial charge in [0.05, 0.1) is 11.1 Å². The predicted octanol–water partition coefficient (Wildman–Crippen LogP) is 3.74. The van der Waals surface area contributed by atoms with Crippen LogP contribution in [0.1, 0.15) is 63.9 Å². The van der Waals surface area contributed by atoms with Gasteiger partial charge in [0.2, 0.25) is 0 Å². The molecule has 0 amide bonds. The number of hydrogen-bond donors (Lipinski definition) is 0. The maximum Gasteiger partial charge on any atom is 0.434 e. The number of terminal acetylenes is 2. The summed E-state index contributed by atoms with van der Waals surface area (Å²) in [5.74, 6) is -0.186. The Kier molecular flexibility index (Phi) is 7.51. The molecular weight excluding hydrogens is 389 g/mol. The Morgan fingerprint density at radius 3 is 1.86 bits per heavy atom. The molecule has 0 fully saturated rings. The van der Waals surface area contributed by atoms with Crippen molar-refractivity contribution >= 4 is 11.9 Å². The van der Waals surface area contributed by atoms with Crippen LogP contribution >= 0.6 is 0 Å². The van der Waals surface area contributed by atoms with E-state index in [1.54, 1.807) is 0 Å². The van der Waals surface area contributed by atoms with Crippen molar-refractivity contribution in [1.82, 2.24) is 4.98 Å². The Morgan fingerprint density at radius 1 is 1.04 bits per heavy atom. The molecule has 0 aliphatic heterocycles. The molecule has 0 radical (unpaired) electrons. The van der Waals surface area contributed by atoms with Gasteiger partial charge < -0.3 is 9.47 Å². The minimum atomic E-state index is -5.29. The number of halogens is 5. The van der Waals surface area contributed by atoms with Crippen molar-refractivity contribution in [3.63, 3.8) is 0 Å². The third-order valence-corrected chi connectivity index (χ3v) is 3.30. The first-order valence-electron chi connectivity index (χ1n) is 7.61. The topological polar surface area (TPSA) is 65.5 Å². The first-order chi connectivity index (χ1) is 13.0. The van der Waals surface area contributed by atoms with Gasteiger partial charge in [0, 0.05) is 0 Å². The molecule has 0 N–H and O–H groups in total. The maximum atomic E-state index is 13.5. The van der Waals surface area contributed by atoms with Gasteiger partial charge in [-0.3, -0.25) is 0 Å². The van der Waals surface area contributed by atoms with Gasteiger partial charge in [-0.1, -0.05) is 25.7 Å². The average Bonchev–Trinajstić information content (AvgIpc) is 2.61. The highest BCUT2D eigenvalue weighted by Gasteiger charge is 2.43. The molecule has 0 unspecified atom stereocenters. The molecule has 1 rings (SSSR count). The molecule has 0 aliphatic carbocycles. The summed E-state index contributed by atoms with van der Waals surface area (Å²) < 4.78 is 76.4. The lowest BCUT2D eigenvalue weighted by atomic mass is 9.89. The van der Waals surface area contributed by atoms with Crippen LogP contribution in [0.5, 0.6) is 0 Å². The van der Waals surface area contributed by atoms with Gasteiger partial charge in [0.1, 0.15) is 5.69 Å². The highest BCUT2D eigenvalue weighted by Crippen LogP contribution is 2.39. The van der Waals surface area contributed by atoms with Crippen molar-refractivity contribution in [1.29, 1.82) is 0 Å². The first-order valence-corrected chi connectivity index (χ1v) is 7.61. The van der Waals surface area contributed by atoms with Crippen molar-refractivity contribution in [3.05, 3.63) is 28.1 Å². The molecule has 1 heterocycles. The van der Waals surface area contributed by atoms with Crippen LogP contribution < -0.4 is 0 Å². The summed E-state index contributed by atoms with van der Waals surface area (Å²) in [6, 6.07) is 0. The zero-order valence-electron chi connectivity index (χ0n) is 14.7.